The van der Waals surface area contributed by atoms with Crippen LogP contribution in [0, 0.1) is 5.82 Å². The molecule has 1 aromatic rings. The van der Waals surface area contributed by atoms with Crippen LogP contribution in [0.4, 0.5) is 4.39 Å². The molecule has 0 aliphatic carbocycles. The number of phenols is 1. The molecule has 0 saturated carbocycles. The molecule has 11 heavy (non-hydrogen) atoms. The summed E-state index contributed by atoms with van der Waals surface area (Å²) in [7, 11) is 0. The zero-order valence-corrected chi connectivity index (χ0v) is 6.93. The van der Waals surface area contributed by atoms with Gasteiger partial charge in [-0.15, -0.1) is 0 Å². The van der Waals surface area contributed by atoms with E-state index in [4.69, 9.17) is 5.11 Å². The Labute approximate surface area is 70.8 Å². The summed E-state index contributed by atoms with van der Waals surface area (Å²) in [6, 6.07) is 2.36. The lowest BCUT2D eigenvalue weighted by Gasteiger charge is -1.97. The van der Waals surface area contributed by atoms with Gasteiger partial charge in [0, 0.05) is 5.56 Å². The fourth-order valence-corrected chi connectivity index (χ4v) is 1.13. The van der Waals surface area contributed by atoms with Gasteiger partial charge in [0.15, 0.2) is 11.6 Å². The molecule has 0 amide bonds. The molecule has 0 aromatic heterocycles. The van der Waals surface area contributed by atoms with E-state index in [2.05, 4.69) is 15.9 Å². The fourth-order valence-electron chi connectivity index (χ4n) is 0.663. The molecule has 0 bridgehead atoms. The lowest BCUT2D eigenvalue weighted by atomic mass is 10.2. The quantitative estimate of drug-likeness (QED) is 0.734. The molecule has 0 radical (unpaired) electrons. The van der Waals surface area contributed by atoms with Crippen molar-refractivity contribution in [3.05, 3.63) is 28.0 Å². The van der Waals surface area contributed by atoms with Gasteiger partial charge in [-0.1, -0.05) is 0 Å². The zero-order valence-electron chi connectivity index (χ0n) is 5.34. The Bertz CT molecular complexity index is 275. The summed E-state index contributed by atoms with van der Waals surface area (Å²) < 4.78 is 12.7. The summed E-state index contributed by atoms with van der Waals surface area (Å²) in [6.07, 6.45) is 0.532. The molecule has 0 spiro atoms. The predicted octanol–water partition coefficient (Wildman–Crippen LogP) is 2.11. The number of halogens is 2. The van der Waals surface area contributed by atoms with Crippen molar-refractivity contribution in [2.45, 2.75) is 0 Å². The number of benzene rings is 1. The number of aromatic hydroxyl groups is 1. The van der Waals surface area contributed by atoms with Crippen molar-refractivity contribution < 1.29 is 14.3 Å². The molecular weight excluding hydrogens is 215 g/mol. The number of rotatable bonds is 1. The second kappa shape index (κ2) is 3.00. The molecule has 0 saturated heterocycles. The van der Waals surface area contributed by atoms with Gasteiger partial charge in [0.05, 0.1) is 4.47 Å². The maximum atomic E-state index is 12.6. The van der Waals surface area contributed by atoms with E-state index in [-0.39, 0.29) is 10.0 Å². The van der Waals surface area contributed by atoms with Gasteiger partial charge in [-0.2, -0.15) is 0 Å². The molecule has 1 rings (SSSR count). The van der Waals surface area contributed by atoms with E-state index >= 15 is 0 Å². The highest BCUT2D eigenvalue weighted by molar-refractivity contribution is 9.10. The molecule has 0 aliphatic rings. The number of hydrogen-bond donors (Lipinski definition) is 1. The summed E-state index contributed by atoms with van der Waals surface area (Å²) in [4.78, 5) is 10.2. The van der Waals surface area contributed by atoms with Crippen LogP contribution in [0.15, 0.2) is 16.6 Å². The maximum Gasteiger partial charge on any atom is 0.178 e. The van der Waals surface area contributed by atoms with Crippen LogP contribution in [-0.4, -0.2) is 11.4 Å². The Morgan fingerprint density at radius 1 is 1.55 bits per heavy atom. The van der Waals surface area contributed by atoms with Crippen molar-refractivity contribution >= 4 is 22.2 Å². The number of carbonyl (C=O) groups excluding carboxylic acids is 1. The first-order chi connectivity index (χ1) is 5.15. The van der Waals surface area contributed by atoms with Crippen molar-refractivity contribution in [2.75, 3.05) is 0 Å². The fraction of sp³-hybridized carbons (Fsp3) is 0. The van der Waals surface area contributed by atoms with E-state index in [1.165, 1.54) is 6.07 Å². The van der Waals surface area contributed by atoms with Crippen LogP contribution in [0.1, 0.15) is 10.4 Å². The summed E-state index contributed by atoms with van der Waals surface area (Å²) in [5.74, 6) is -1.28. The van der Waals surface area contributed by atoms with Crippen molar-refractivity contribution in [1.29, 1.82) is 0 Å². The number of phenolic OH excluding ortho intramolecular Hbond substituents is 1. The van der Waals surface area contributed by atoms with Crippen LogP contribution in [0.25, 0.3) is 0 Å². The largest absolute Gasteiger partial charge is 0.505 e. The predicted molar refractivity (Wildman–Crippen MR) is 41.2 cm³/mol. The minimum atomic E-state index is -0.754. The van der Waals surface area contributed by atoms with E-state index in [1.807, 2.05) is 0 Å². The normalized spacial score (nSPS) is 9.64. The van der Waals surface area contributed by atoms with Crippen LogP contribution in [0.5, 0.6) is 5.75 Å². The third kappa shape index (κ3) is 1.57. The summed E-state index contributed by atoms with van der Waals surface area (Å²) in [6.45, 7) is 0. The van der Waals surface area contributed by atoms with Gasteiger partial charge in [0.25, 0.3) is 0 Å². The molecule has 0 unspecified atom stereocenters. The van der Waals surface area contributed by atoms with Crippen LogP contribution >= 0.6 is 15.9 Å². The first kappa shape index (κ1) is 8.20. The SMILES string of the molecule is O=Cc1cc(O)c(F)c(Br)c1. The molecule has 1 N–H and O–H groups in total. The Morgan fingerprint density at radius 2 is 2.18 bits per heavy atom. The molecule has 0 heterocycles. The van der Waals surface area contributed by atoms with Gasteiger partial charge in [-0.05, 0) is 28.1 Å². The van der Waals surface area contributed by atoms with E-state index in [0.29, 0.717) is 6.29 Å². The van der Waals surface area contributed by atoms with Crippen molar-refractivity contribution in [3.8, 4) is 5.75 Å². The molecule has 1 aromatic carbocycles. The van der Waals surface area contributed by atoms with E-state index in [9.17, 15) is 9.18 Å². The monoisotopic (exact) mass is 218 g/mol. The maximum absolute atomic E-state index is 12.6. The topological polar surface area (TPSA) is 37.3 Å². The Morgan fingerprint density at radius 3 is 2.64 bits per heavy atom. The van der Waals surface area contributed by atoms with Gasteiger partial charge in [0.1, 0.15) is 6.29 Å². The van der Waals surface area contributed by atoms with Crippen LogP contribution in [0.2, 0.25) is 0 Å². The van der Waals surface area contributed by atoms with E-state index in [1.54, 1.807) is 0 Å². The molecular formula is C7H4BrFO2. The third-order valence-electron chi connectivity index (χ3n) is 1.17. The molecule has 0 fully saturated rings. The minimum Gasteiger partial charge on any atom is -0.505 e. The Hall–Kier alpha value is -0.900. The number of carbonyl (C=O) groups is 1. The highest BCUT2D eigenvalue weighted by Gasteiger charge is 2.06. The number of hydrogen-bond acceptors (Lipinski definition) is 2. The van der Waals surface area contributed by atoms with Crippen molar-refractivity contribution in [1.82, 2.24) is 0 Å². The summed E-state index contributed by atoms with van der Waals surface area (Å²) in [5.41, 5.74) is 0.232. The standard InChI is InChI=1S/C7H4BrFO2/c8-5-1-4(3-10)2-6(11)7(5)9/h1-3,11H. The highest BCUT2D eigenvalue weighted by atomic mass is 79.9. The molecule has 0 atom stereocenters. The summed E-state index contributed by atoms with van der Waals surface area (Å²) in [5, 5.41) is 8.85. The van der Waals surface area contributed by atoms with Crippen molar-refractivity contribution in [2.24, 2.45) is 0 Å². The Balaban J connectivity index is 3.31. The van der Waals surface area contributed by atoms with Gasteiger partial charge < -0.3 is 5.11 Å². The molecule has 4 heteroatoms. The minimum absolute atomic E-state index is 0.0830. The first-order valence-electron chi connectivity index (χ1n) is 2.78. The summed E-state index contributed by atoms with van der Waals surface area (Å²) >= 11 is 2.84. The molecule has 0 aliphatic heterocycles. The zero-order chi connectivity index (χ0) is 8.43. The molecule has 58 valence electrons. The van der Waals surface area contributed by atoms with Crippen LogP contribution in [-0.2, 0) is 0 Å². The van der Waals surface area contributed by atoms with Gasteiger partial charge in [-0.3, -0.25) is 4.79 Å². The highest BCUT2D eigenvalue weighted by Crippen LogP contribution is 2.24. The Kier molecular flexibility index (Phi) is 2.24. The third-order valence-corrected chi connectivity index (χ3v) is 1.74. The van der Waals surface area contributed by atoms with Crippen LogP contribution in [0.3, 0.4) is 0 Å². The van der Waals surface area contributed by atoms with Gasteiger partial charge in [0.2, 0.25) is 0 Å². The average molecular weight is 219 g/mol. The number of aldehydes is 1. The lowest BCUT2D eigenvalue weighted by Crippen LogP contribution is -1.84. The first-order valence-corrected chi connectivity index (χ1v) is 3.57. The van der Waals surface area contributed by atoms with Gasteiger partial charge in [-0.25, -0.2) is 4.39 Å². The van der Waals surface area contributed by atoms with E-state index < -0.39 is 11.6 Å². The second-order valence-corrected chi connectivity index (χ2v) is 2.81. The lowest BCUT2D eigenvalue weighted by molar-refractivity contribution is 0.112. The molecule has 2 nitrogen and oxygen atoms in total. The van der Waals surface area contributed by atoms with Crippen molar-refractivity contribution in [3.63, 3.8) is 0 Å². The smallest absolute Gasteiger partial charge is 0.178 e. The van der Waals surface area contributed by atoms with E-state index in [0.717, 1.165) is 6.07 Å². The van der Waals surface area contributed by atoms with Crippen LogP contribution < -0.4 is 0 Å². The second-order valence-electron chi connectivity index (χ2n) is 1.95. The average Bonchev–Trinajstić information content (AvgIpc) is 1.99. The van der Waals surface area contributed by atoms with Gasteiger partial charge >= 0.3 is 0 Å².